The van der Waals surface area contributed by atoms with Crippen LogP contribution in [-0.4, -0.2) is 31.6 Å². The Bertz CT molecular complexity index is 1230. The molecule has 0 fully saturated rings. The standard InChI is InChI=1S/C21H20N6O2/c1-13-9-22-20(23-10-13)15-7-16-19(17(8-15)29-3)25-12-26-21(16)24-11-14-4-5-27(2)18(28)6-14/h4-10,12H,11H2,1-3H3,(H,24,25,26). The molecule has 0 aliphatic rings. The fourth-order valence-corrected chi connectivity index (χ4v) is 2.99. The SMILES string of the molecule is COc1cc(-c2ncc(C)cn2)cc2c(NCc3ccn(C)c(=O)c3)ncnc12. The molecule has 1 aromatic carbocycles. The van der Waals surface area contributed by atoms with Crippen molar-refractivity contribution in [3.05, 3.63) is 70.7 Å². The average molecular weight is 388 g/mol. The highest BCUT2D eigenvalue weighted by Gasteiger charge is 2.13. The number of nitrogens with zero attached hydrogens (tertiary/aromatic N) is 5. The van der Waals surface area contributed by atoms with Crippen LogP contribution in [0.25, 0.3) is 22.3 Å². The van der Waals surface area contributed by atoms with Crippen molar-refractivity contribution in [3.8, 4) is 17.1 Å². The fraction of sp³-hybridized carbons (Fsp3) is 0.190. The third-order valence-electron chi connectivity index (χ3n) is 4.59. The Morgan fingerprint density at radius 1 is 1.10 bits per heavy atom. The van der Waals surface area contributed by atoms with E-state index in [-0.39, 0.29) is 5.56 Å². The minimum absolute atomic E-state index is 0.0580. The zero-order valence-electron chi connectivity index (χ0n) is 16.4. The molecule has 4 aromatic rings. The number of rotatable bonds is 5. The Morgan fingerprint density at radius 2 is 1.90 bits per heavy atom. The van der Waals surface area contributed by atoms with Crippen molar-refractivity contribution in [1.82, 2.24) is 24.5 Å². The zero-order chi connectivity index (χ0) is 20.4. The summed E-state index contributed by atoms with van der Waals surface area (Å²) in [7, 11) is 3.32. The Balaban J connectivity index is 1.75. The highest BCUT2D eigenvalue weighted by molar-refractivity contribution is 5.96. The molecule has 0 radical (unpaired) electrons. The van der Waals surface area contributed by atoms with Gasteiger partial charge in [-0.1, -0.05) is 0 Å². The molecule has 146 valence electrons. The van der Waals surface area contributed by atoms with E-state index in [0.29, 0.717) is 29.5 Å². The van der Waals surface area contributed by atoms with Crippen LogP contribution < -0.4 is 15.6 Å². The summed E-state index contributed by atoms with van der Waals surface area (Å²) in [6.45, 7) is 2.40. The topological polar surface area (TPSA) is 94.8 Å². The van der Waals surface area contributed by atoms with E-state index in [0.717, 1.165) is 22.1 Å². The minimum atomic E-state index is -0.0580. The number of aryl methyl sites for hydroxylation is 2. The monoisotopic (exact) mass is 388 g/mol. The lowest BCUT2D eigenvalue weighted by atomic mass is 10.1. The predicted octanol–water partition coefficient (Wildman–Crippen LogP) is 2.71. The summed E-state index contributed by atoms with van der Waals surface area (Å²) in [5.41, 5.74) is 3.29. The van der Waals surface area contributed by atoms with Gasteiger partial charge in [-0.25, -0.2) is 19.9 Å². The molecule has 0 bridgehead atoms. The van der Waals surface area contributed by atoms with E-state index in [4.69, 9.17) is 4.74 Å². The molecule has 8 heteroatoms. The first-order valence-electron chi connectivity index (χ1n) is 9.06. The summed E-state index contributed by atoms with van der Waals surface area (Å²) in [6, 6.07) is 7.30. The number of benzene rings is 1. The maximum atomic E-state index is 11.9. The minimum Gasteiger partial charge on any atom is -0.494 e. The quantitative estimate of drug-likeness (QED) is 0.562. The van der Waals surface area contributed by atoms with E-state index in [1.807, 2.05) is 25.1 Å². The van der Waals surface area contributed by atoms with Crippen molar-refractivity contribution >= 4 is 16.7 Å². The normalized spacial score (nSPS) is 10.9. The number of methoxy groups -OCH3 is 1. The second-order valence-corrected chi connectivity index (χ2v) is 6.72. The summed E-state index contributed by atoms with van der Waals surface area (Å²) in [5, 5.41) is 4.08. The van der Waals surface area contributed by atoms with E-state index in [1.165, 1.54) is 10.9 Å². The average Bonchev–Trinajstić information content (AvgIpc) is 2.74. The number of aromatic nitrogens is 5. The van der Waals surface area contributed by atoms with Gasteiger partial charge in [-0.3, -0.25) is 4.79 Å². The molecule has 0 unspecified atom stereocenters. The van der Waals surface area contributed by atoms with Gasteiger partial charge in [0.15, 0.2) is 5.82 Å². The third kappa shape index (κ3) is 3.77. The number of ether oxygens (including phenoxy) is 1. The van der Waals surface area contributed by atoms with Crippen LogP contribution in [0.5, 0.6) is 5.75 Å². The molecule has 0 saturated carbocycles. The number of fused-ring (bicyclic) bond motifs is 1. The molecule has 8 nitrogen and oxygen atoms in total. The summed E-state index contributed by atoms with van der Waals surface area (Å²) >= 11 is 0. The Morgan fingerprint density at radius 3 is 2.62 bits per heavy atom. The number of pyridine rings is 1. The van der Waals surface area contributed by atoms with Crippen molar-refractivity contribution in [1.29, 1.82) is 0 Å². The van der Waals surface area contributed by atoms with Gasteiger partial charge in [0.05, 0.1) is 7.11 Å². The maximum Gasteiger partial charge on any atom is 0.250 e. The van der Waals surface area contributed by atoms with Gasteiger partial charge < -0.3 is 14.6 Å². The molecule has 0 amide bonds. The lowest BCUT2D eigenvalue weighted by molar-refractivity contribution is 0.419. The fourth-order valence-electron chi connectivity index (χ4n) is 2.99. The number of nitrogens with one attached hydrogen (secondary N) is 1. The van der Waals surface area contributed by atoms with Crippen LogP contribution in [0.4, 0.5) is 5.82 Å². The molecule has 3 aromatic heterocycles. The van der Waals surface area contributed by atoms with Gasteiger partial charge >= 0.3 is 0 Å². The molecule has 3 heterocycles. The van der Waals surface area contributed by atoms with Crippen LogP contribution in [0.2, 0.25) is 0 Å². The number of anilines is 1. The Labute approximate surface area is 167 Å². The van der Waals surface area contributed by atoms with Crippen LogP contribution in [-0.2, 0) is 13.6 Å². The summed E-state index contributed by atoms with van der Waals surface area (Å²) in [5.74, 6) is 1.85. The van der Waals surface area contributed by atoms with E-state index in [9.17, 15) is 4.79 Å². The van der Waals surface area contributed by atoms with E-state index < -0.39 is 0 Å². The first-order valence-corrected chi connectivity index (χ1v) is 9.06. The highest BCUT2D eigenvalue weighted by atomic mass is 16.5. The Hall–Kier alpha value is -3.81. The first kappa shape index (κ1) is 18.5. The van der Waals surface area contributed by atoms with Crippen LogP contribution in [0.15, 0.2) is 54.0 Å². The van der Waals surface area contributed by atoms with Gasteiger partial charge in [-0.15, -0.1) is 0 Å². The van der Waals surface area contributed by atoms with Crippen LogP contribution in [0.1, 0.15) is 11.1 Å². The molecular weight excluding hydrogens is 368 g/mol. The largest absolute Gasteiger partial charge is 0.494 e. The van der Waals surface area contributed by atoms with Gasteiger partial charge in [-0.05, 0) is 36.2 Å². The summed E-state index contributed by atoms with van der Waals surface area (Å²) < 4.78 is 7.07. The zero-order valence-corrected chi connectivity index (χ0v) is 16.4. The lowest BCUT2D eigenvalue weighted by Crippen LogP contribution is -2.16. The molecule has 0 aliphatic heterocycles. The van der Waals surface area contributed by atoms with E-state index >= 15 is 0 Å². The molecule has 0 spiro atoms. The number of hydrogen-bond donors (Lipinski definition) is 1. The highest BCUT2D eigenvalue weighted by Crippen LogP contribution is 2.32. The predicted molar refractivity (Wildman–Crippen MR) is 111 cm³/mol. The molecule has 0 aliphatic carbocycles. The molecule has 29 heavy (non-hydrogen) atoms. The molecule has 0 saturated heterocycles. The van der Waals surface area contributed by atoms with Crippen LogP contribution >= 0.6 is 0 Å². The Kier molecular flexibility index (Phi) is 4.90. The first-order chi connectivity index (χ1) is 14.0. The van der Waals surface area contributed by atoms with Gasteiger partial charge in [-0.2, -0.15) is 0 Å². The molecule has 1 N–H and O–H groups in total. The summed E-state index contributed by atoms with van der Waals surface area (Å²) in [4.78, 5) is 29.4. The second-order valence-electron chi connectivity index (χ2n) is 6.72. The maximum absolute atomic E-state index is 11.9. The van der Waals surface area contributed by atoms with Crippen LogP contribution in [0, 0.1) is 6.92 Å². The molecule has 0 atom stereocenters. The van der Waals surface area contributed by atoms with Crippen molar-refractivity contribution in [2.75, 3.05) is 12.4 Å². The van der Waals surface area contributed by atoms with Crippen molar-refractivity contribution < 1.29 is 4.74 Å². The van der Waals surface area contributed by atoms with Crippen molar-refractivity contribution in [2.45, 2.75) is 13.5 Å². The summed E-state index contributed by atoms with van der Waals surface area (Å²) in [6.07, 6.45) is 6.78. The van der Waals surface area contributed by atoms with Gasteiger partial charge in [0, 0.05) is 49.2 Å². The molecule has 4 rings (SSSR count). The lowest BCUT2D eigenvalue weighted by Gasteiger charge is -2.12. The van der Waals surface area contributed by atoms with Crippen LogP contribution in [0.3, 0.4) is 0 Å². The van der Waals surface area contributed by atoms with E-state index in [1.54, 1.807) is 38.8 Å². The smallest absolute Gasteiger partial charge is 0.250 e. The second kappa shape index (κ2) is 7.67. The van der Waals surface area contributed by atoms with Crippen molar-refractivity contribution in [2.24, 2.45) is 7.05 Å². The molecular formula is C21H20N6O2. The third-order valence-corrected chi connectivity index (χ3v) is 4.59. The van der Waals surface area contributed by atoms with Gasteiger partial charge in [0.1, 0.15) is 23.4 Å². The van der Waals surface area contributed by atoms with Gasteiger partial charge in [0.25, 0.3) is 5.56 Å². The van der Waals surface area contributed by atoms with E-state index in [2.05, 4.69) is 25.3 Å². The van der Waals surface area contributed by atoms with Crippen molar-refractivity contribution in [3.63, 3.8) is 0 Å². The van der Waals surface area contributed by atoms with Gasteiger partial charge in [0.2, 0.25) is 0 Å². The number of hydrogen-bond acceptors (Lipinski definition) is 7.